The molecule has 0 radical (unpaired) electrons. The van der Waals surface area contributed by atoms with Crippen molar-refractivity contribution >= 4 is 0 Å². The number of halogens is 6. The minimum atomic E-state index is -3.71. The average Bonchev–Trinajstić information content (AvgIpc) is 2.20. The lowest BCUT2D eigenvalue weighted by Crippen LogP contribution is -2.17. The van der Waals surface area contributed by atoms with Gasteiger partial charge in [0.05, 0.1) is 5.56 Å². The largest absolute Gasteiger partial charge is 0.276 e. The standard InChI is InChI=1S/C10H8F6/c1-2-3-10(15,16)5-4-6(11)8(13)9(14)7(5)12/h4H,2-3H2,1H3. The Kier molecular flexibility index (Phi) is 3.50. The van der Waals surface area contributed by atoms with Gasteiger partial charge in [0.15, 0.2) is 23.3 Å². The SMILES string of the molecule is CCCC(F)(F)c1cc(F)c(F)c(F)c1F. The first-order chi connectivity index (χ1) is 7.31. The van der Waals surface area contributed by atoms with Gasteiger partial charge in [-0.05, 0) is 6.07 Å². The number of alkyl halides is 2. The van der Waals surface area contributed by atoms with Crippen molar-refractivity contribution in [2.75, 3.05) is 0 Å². The molecular formula is C10H8F6. The molecule has 0 aliphatic carbocycles. The van der Waals surface area contributed by atoms with E-state index in [1.54, 1.807) is 0 Å². The number of hydrogen-bond donors (Lipinski definition) is 0. The molecule has 1 rings (SSSR count). The Morgan fingerprint density at radius 2 is 1.56 bits per heavy atom. The highest BCUT2D eigenvalue weighted by Crippen LogP contribution is 2.36. The van der Waals surface area contributed by atoms with Crippen molar-refractivity contribution in [2.45, 2.75) is 25.7 Å². The van der Waals surface area contributed by atoms with Gasteiger partial charge < -0.3 is 0 Å². The lowest BCUT2D eigenvalue weighted by molar-refractivity contribution is -0.0185. The molecular weight excluding hydrogens is 234 g/mol. The Morgan fingerprint density at radius 1 is 1.00 bits per heavy atom. The smallest absolute Gasteiger partial charge is 0.204 e. The number of hydrogen-bond acceptors (Lipinski definition) is 0. The molecule has 0 aliphatic heterocycles. The van der Waals surface area contributed by atoms with Gasteiger partial charge in [0.25, 0.3) is 5.92 Å². The maximum Gasteiger partial charge on any atom is 0.276 e. The Hall–Kier alpha value is -1.20. The zero-order chi connectivity index (χ0) is 12.5. The fourth-order valence-electron chi connectivity index (χ4n) is 1.29. The van der Waals surface area contributed by atoms with E-state index in [0.29, 0.717) is 0 Å². The van der Waals surface area contributed by atoms with Gasteiger partial charge in [-0.15, -0.1) is 0 Å². The van der Waals surface area contributed by atoms with E-state index in [1.165, 1.54) is 6.92 Å². The minimum absolute atomic E-state index is 0.00689. The first-order valence-electron chi connectivity index (χ1n) is 4.52. The molecule has 0 atom stereocenters. The molecule has 1 aromatic rings. The summed E-state index contributed by atoms with van der Waals surface area (Å²) in [4.78, 5) is 0. The van der Waals surface area contributed by atoms with E-state index in [2.05, 4.69) is 0 Å². The topological polar surface area (TPSA) is 0 Å². The lowest BCUT2D eigenvalue weighted by Gasteiger charge is -2.17. The van der Waals surface area contributed by atoms with E-state index in [1.807, 2.05) is 0 Å². The van der Waals surface area contributed by atoms with Gasteiger partial charge in [-0.1, -0.05) is 13.3 Å². The summed E-state index contributed by atoms with van der Waals surface area (Å²) in [5.74, 6) is -11.9. The van der Waals surface area contributed by atoms with Crippen LogP contribution in [0.2, 0.25) is 0 Å². The van der Waals surface area contributed by atoms with Crippen LogP contribution in [-0.2, 0) is 5.92 Å². The highest BCUT2D eigenvalue weighted by Gasteiger charge is 2.36. The second-order valence-corrected chi connectivity index (χ2v) is 3.30. The van der Waals surface area contributed by atoms with E-state index < -0.39 is 41.2 Å². The highest BCUT2D eigenvalue weighted by molar-refractivity contribution is 5.25. The van der Waals surface area contributed by atoms with Crippen LogP contribution in [0, 0.1) is 23.3 Å². The molecule has 0 unspecified atom stereocenters. The van der Waals surface area contributed by atoms with Crippen LogP contribution in [-0.4, -0.2) is 0 Å². The summed E-state index contributed by atoms with van der Waals surface area (Å²) in [6, 6.07) is -0.0105. The van der Waals surface area contributed by atoms with Crippen molar-refractivity contribution in [1.29, 1.82) is 0 Å². The van der Waals surface area contributed by atoms with E-state index >= 15 is 0 Å². The Labute approximate surface area is 87.9 Å². The van der Waals surface area contributed by atoms with Gasteiger partial charge in [0, 0.05) is 6.42 Å². The van der Waals surface area contributed by atoms with Crippen LogP contribution in [0.3, 0.4) is 0 Å². The maximum atomic E-state index is 13.2. The Morgan fingerprint density at radius 3 is 2.06 bits per heavy atom. The Bertz CT molecular complexity index is 399. The summed E-state index contributed by atoms with van der Waals surface area (Å²) in [6.45, 7) is 1.40. The van der Waals surface area contributed by atoms with Crippen molar-refractivity contribution in [2.24, 2.45) is 0 Å². The van der Waals surface area contributed by atoms with Crippen LogP contribution in [0.1, 0.15) is 25.3 Å². The molecule has 16 heavy (non-hydrogen) atoms. The molecule has 1 aromatic carbocycles. The van der Waals surface area contributed by atoms with E-state index in [9.17, 15) is 26.3 Å². The summed E-state index contributed by atoms with van der Waals surface area (Å²) in [5, 5.41) is 0. The fraction of sp³-hybridized carbons (Fsp3) is 0.400. The van der Waals surface area contributed by atoms with Gasteiger partial charge in [0.2, 0.25) is 0 Å². The number of rotatable bonds is 3. The molecule has 0 aliphatic rings. The van der Waals surface area contributed by atoms with Crippen LogP contribution in [0.5, 0.6) is 0 Å². The molecule has 0 fully saturated rings. The van der Waals surface area contributed by atoms with Gasteiger partial charge in [0.1, 0.15) is 0 Å². The molecule has 90 valence electrons. The van der Waals surface area contributed by atoms with Crippen molar-refractivity contribution < 1.29 is 26.3 Å². The molecule has 0 N–H and O–H groups in total. The Balaban J connectivity index is 3.35. The van der Waals surface area contributed by atoms with Crippen molar-refractivity contribution in [3.8, 4) is 0 Å². The van der Waals surface area contributed by atoms with Crippen LogP contribution in [0.25, 0.3) is 0 Å². The number of benzene rings is 1. The molecule has 0 bridgehead atoms. The van der Waals surface area contributed by atoms with Gasteiger partial charge >= 0.3 is 0 Å². The molecule has 0 saturated heterocycles. The minimum Gasteiger partial charge on any atom is -0.204 e. The van der Waals surface area contributed by atoms with Gasteiger partial charge in [-0.25, -0.2) is 26.3 Å². The van der Waals surface area contributed by atoms with Crippen molar-refractivity contribution in [3.63, 3.8) is 0 Å². The molecule has 0 spiro atoms. The third-order valence-corrected chi connectivity index (χ3v) is 2.06. The molecule has 0 aromatic heterocycles. The summed E-state index contributed by atoms with van der Waals surface area (Å²) >= 11 is 0. The summed E-state index contributed by atoms with van der Waals surface area (Å²) < 4.78 is 77.3. The second kappa shape index (κ2) is 4.35. The van der Waals surface area contributed by atoms with E-state index in [4.69, 9.17) is 0 Å². The average molecular weight is 242 g/mol. The molecule has 0 heterocycles. The molecule has 0 amide bonds. The van der Waals surface area contributed by atoms with Crippen LogP contribution >= 0.6 is 0 Å². The normalized spacial score (nSPS) is 11.9. The van der Waals surface area contributed by atoms with E-state index in [-0.39, 0.29) is 12.5 Å². The lowest BCUT2D eigenvalue weighted by atomic mass is 10.0. The quantitative estimate of drug-likeness (QED) is 0.424. The van der Waals surface area contributed by atoms with Gasteiger partial charge in [-0.3, -0.25) is 0 Å². The van der Waals surface area contributed by atoms with Crippen molar-refractivity contribution in [1.82, 2.24) is 0 Å². The predicted octanol–water partition coefficient (Wildman–Crippen LogP) is 4.13. The third-order valence-electron chi connectivity index (χ3n) is 2.06. The predicted molar refractivity (Wildman–Crippen MR) is 45.1 cm³/mol. The van der Waals surface area contributed by atoms with Crippen molar-refractivity contribution in [3.05, 3.63) is 34.9 Å². The monoisotopic (exact) mass is 242 g/mol. The third kappa shape index (κ3) is 2.15. The first-order valence-corrected chi connectivity index (χ1v) is 4.52. The summed E-state index contributed by atoms with van der Waals surface area (Å²) in [6.07, 6.45) is -0.776. The van der Waals surface area contributed by atoms with Crippen LogP contribution in [0.4, 0.5) is 26.3 Å². The molecule has 0 saturated carbocycles. The zero-order valence-corrected chi connectivity index (χ0v) is 8.26. The maximum absolute atomic E-state index is 13.2. The molecule has 6 heteroatoms. The first kappa shape index (κ1) is 12.9. The van der Waals surface area contributed by atoms with E-state index in [0.717, 1.165) is 0 Å². The van der Waals surface area contributed by atoms with Gasteiger partial charge in [-0.2, -0.15) is 0 Å². The summed E-state index contributed by atoms with van der Waals surface area (Å²) in [5.41, 5.74) is -1.45. The second-order valence-electron chi connectivity index (χ2n) is 3.30. The van der Waals surface area contributed by atoms with Crippen LogP contribution < -0.4 is 0 Å². The fourth-order valence-corrected chi connectivity index (χ4v) is 1.29. The molecule has 0 nitrogen and oxygen atoms in total. The highest BCUT2D eigenvalue weighted by atomic mass is 19.3. The van der Waals surface area contributed by atoms with Crippen LogP contribution in [0.15, 0.2) is 6.07 Å². The summed E-state index contributed by atoms with van der Waals surface area (Å²) in [7, 11) is 0. The zero-order valence-electron chi connectivity index (χ0n) is 8.26.